The molecule has 0 radical (unpaired) electrons. The maximum atomic E-state index is 12.5. The molecule has 1 fully saturated rings. The zero-order chi connectivity index (χ0) is 13.7. The maximum Gasteiger partial charge on any atom is 0.254 e. The molecular weight excluding hydrogens is 242 g/mol. The van der Waals surface area contributed by atoms with Crippen molar-refractivity contribution in [3.8, 4) is 0 Å². The summed E-state index contributed by atoms with van der Waals surface area (Å²) in [5.41, 5.74) is 0.676. The number of pyridine rings is 1. The van der Waals surface area contributed by atoms with E-state index >= 15 is 0 Å². The highest BCUT2D eigenvalue weighted by Crippen LogP contribution is 2.23. The van der Waals surface area contributed by atoms with E-state index in [0.717, 1.165) is 32.2 Å². The van der Waals surface area contributed by atoms with Gasteiger partial charge in [-0.1, -0.05) is 0 Å². The van der Waals surface area contributed by atoms with Gasteiger partial charge in [-0.25, -0.2) is 4.98 Å². The van der Waals surface area contributed by atoms with Crippen molar-refractivity contribution in [2.75, 3.05) is 25.5 Å². The molecule has 1 aliphatic heterocycles. The molecule has 1 saturated heterocycles. The Kier molecular flexibility index (Phi) is 4.74. The molecule has 1 aromatic rings. The van der Waals surface area contributed by atoms with E-state index in [2.05, 4.69) is 10.3 Å². The summed E-state index contributed by atoms with van der Waals surface area (Å²) in [4.78, 5) is 18.6. The van der Waals surface area contributed by atoms with E-state index in [1.54, 1.807) is 25.4 Å². The molecule has 2 heterocycles. The van der Waals surface area contributed by atoms with Crippen molar-refractivity contribution in [1.82, 2.24) is 9.88 Å². The van der Waals surface area contributed by atoms with E-state index in [1.165, 1.54) is 0 Å². The van der Waals surface area contributed by atoms with Crippen LogP contribution < -0.4 is 5.32 Å². The summed E-state index contributed by atoms with van der Waals surface area (Å²) in [5, 5.41) is 11.9. The Labute approximate surface area is 113 Å². The van der Waals surface area contributed by atoms with E-state index in [4.69, 9.17) is 5.11 Å². The molecule has 0 saturated carbocycles. The van der Waals surface area contributed by atoms with Gasteiger partial charge in [-0.3, -0.25) is 4.79 Å². The number of aromatic nitrogens is 1. The Balaban J connectivity index is 2.09. The average Bonchev–Trinajstić information content (AvgIpc) is 2.92. The van der Waals surface area contributed by atoms with Crippen LogP contribution >= 0.6 is 0 Å². The fourth-order valence-electron chi connectivity index (χ4n) is 2.60. The minimum Gasteiger partial charge on any atom is -0.396 e. The summed E-state index contributed by atoms with van der Waals surface area (Å²) in [7, 11) is 1.79. The standard InChI is InChI=1S/C14H21N3O2/c1-15-13-10-11(6-7-16-13)14(19)17-8-2-4-12(17)5-3-9-18/h6-7,10,12,18H,2-5,8-9H2,1H3,(H,15,16). The first-order chi connectivity index (χ1) is 9.26. The third-order valence-electron chi connectivity index (χ3n) is 3.60. The van der Waals surface area contributed by atoms with Gasteiger partial charge >= 0.3 is 0 Å². The number of carbonyl (C=O) groups excluding carboxylic acids is 1. The second kappa shape index (κ2) is 6.52. The molecule has 1 amide bonds. The lowest BCUT2D eigenvalue weighted by Crippen LogP contribution is -2.35. The molecule has 19 heavy (non-hydrogen) atoms. The third kappa shape index (κ3) is 3.23. The van der Waals surface area contributed by atoms with Crippen LogP contribution in [0.2, 0.25) is 0 Å². The lowest BCUT2D eigenvalue weighted by atomic mass is 10.1. The number of aliphatic hydroxyl groups is 1. The SMILES string of the molecule is CNc1cc(C(=O)N2CCCC2CCCO)ccn1. The lowest BCUT2D eigenvalue weighted by molar-refractivity contribution is 0.0724. The smallest absolute Gasteiger partial charge is 0.254 e. The van der Waals surface area contributed by atoms with Gasteiger partial charge in [0, 0.05) is 38.0 Å². The van der Waals surface area contributed by atoms with Gasteiger partial charge in [-0.05, 0) is 37.8 Å². The normalized spacial score (nSPS) is 18.6. The van der Waals surface area contributed by atoms with Crippen molar-refractivity contribution in [2.24, 2.45) is 0 Å². The summed E-state index contributed by atoms with van der Waals surface area (Å²) < 4.78 is 0. The van der Waals surface area contributed by atoms with Gasteiger partial charge in [-0.15, -0.1) is 0 Å². The van der Waals surface area contributed by atoms with Crippen LogP contribution in [0.5, 0.6) is 0 Å². The van der Waals surface area contributed by atoms with Gasteiger partial charge in [0.05, 0.1) is 0 Å². The Bertz CT molecular complexity index is 436. The van der Waals surface area contributed by atoms with Crippen molar-refractivity contribution in [2.45, 2.75) is 31.7 Å². The van der Waals surface area contributed by atoms with Crippen molar-refractivity contribution in [3.63, 3.8) is 0 Å². The predicted octanol–water partition coefficient (Wildman–Crippen LogP) is 1.50. The fourth-order valence-corrected chi connectivity index (χ4v) is 2.60. The second-order valence-corrected chi connectivity index (χ2v) is 4.84. The second-order valence-electron chi connectivity index (χ2n) is 4.84. The molecule has 1 aliphatic rings. The van der Waals surface area contributed by atoms with Crippen LogP contribution in [0, 0.1) is 0 Å². The third-order valence-corrected chi connectivity index (χ3v) is 3.60. The van der Waals surface area contributed by atoms with Crippen LogP contribution in [0.3, 0.4) is 0 Å². The molecule has 0 spiro atoms. The Hall–Kier alpha value is -1.62. The summed E-state index contributed by atoms with van der Waals surface area (Å²) in [5.74, 6) is 0.774. The number of hydrogen-bond donors (Lipinski definition) is 2. The van der Waals surface area contributed by atoms with E-state index in [9.17, 15) is 4.79 Å². The van der Waals surface area contributed by atoms with Gasteiger partial charge in [0.15, 0.2) is 0 Å². The van der Waals surface area contributed by atoms with Crippen molar-refractivity contribution in [1.29, 1.82) is 0 Å². The molecule has 1 atom stereocenters. The number of aliphatic hydroxyl groups excluding tert-OH is 1. The van der Waals surface area contributed by atoms with E-state index in [0.29, 0.717) is 11.4 Å². The van der Waals surface area contributed by atoms with Crippen LogP contribution in [-0.2, 0) is 0 Å². The zero-order valence-corrected chi connectivity index (χ0v) is 11.3. The van der Waals surface area contributed by atoms with Crippen molar-refractivity contribution in [3.05, 3.63) is 23.9 Å². The summed E-state index contributed by atoms with van der Waals surface area (Å²) >= 11 is 0. The Morgan fingerprint density at radius 2 is 2.47 bits per heavy atom. The van der Waals surface area contributed by atoms with E-state index in [-0.39, 0.29) is 18.6 Å². The Morgan fingerprint density at radius 1 is 1.63 bits per heavy atom. The highest BCUT2D eigenvalue weighted by atomic mass is 16.3. The molecule has 5 nitrogen and oxygen atoms in total. The van der Waals surface area contributed by atoms with Gasteiger partial charge in [0.1, 0.15) is 5.82 Å². The van der Waals surface area contributed by atoms with Crippen LogP contribution in [0.4, 0.5) is 5.82 Å². The van der Waals surface area contributed by atoms with Crippen molar-refractivity contribution >= 4 is 11.7 Å². The molecule has 0 bridgehead atoms. The molecule has 104 valence electrons. The number of carbonyl (C=O) groups is 1. The molecule has 2 N–H and O–H groups in total. The van der Waals surface area contributed by atoms with Gasteiger partial charge < -0.3 is 15.3 Å². The predicted molar refractivity (Wildman–Crippen MR) is 74.2 cm³/mol. The van der Waals surface area contributed by atoms with Crippen molar-refractivity contribution < 1.29 is 9.90 Å². The molecule has 0 aliphatic carbocycles. The zero-order valence-electron chi connectivity index (χ0n) is 11.3. The molecular formula is C14H21N3O2. The first-order valence-electron chi connectivity index (χ1n) is 6.82. The summed E-state index contributed by atoms with van der Waals surface area (Å²) in [6, 6.07) is 3.81. The number of nitrogens with one attached hydrogen (secondary N) is 1. The number of anilines is 1. The number of hydrogen-bond acceptors (Lipinski definition) is 4. The highest BCUT2D eigenvalue weighted by molar-refractivity contribution is 5.95. The van der Waals surface area contributed by atoms with Crippen LogP contribution in [0.15, 0.2) is 18.3 Å². The van der Waals surface area contributed by atoms with E-state index in [1.807, 2.05) is 4.90 Å². The van der Waals surface area contributed by atoms with Gasteiger partial charge in [0.2, 0.25) is 0 Å². The monoisotopic (exact) mass is 263 g/mol. The molecule has 2 rings (SSSR count). The lowest BCUT2D eigenvalue weighted by Gasteiger charge is -2.24. The number of amides is 1. The minimum absolute atomic E-state index is 0.0688. The molecule has 0 aromatic carbocycles. The highest BCUT2D eigenvalue weighted by Gasteiger charge is 2.28. The van der Waals surface area contributed by atoms with Crippen LogP contribution in [0.25, 0.3) is 0 Å². The van der Waals surface area contributed by atoms with Crippen LogP contribution in [-0.4, -0.2) is 47.1 Å². The summed E-state index contributed by atoms with van der Waals surface area (Å²) in [6.45, 7) is 1.00. The first-order valence-corrected chi connectivity index (χ1v) is 6.82. The first kappa shape index (κ1) is 13.8. The maximum absolute atomic E-state index is 12.5. The van der Waals surface area contributed by atoms with Gasteiger partial charge in [0.25, 0.3) is 5.91 Å². The molecule has 1 aromatic heterocycles. The fraction of sp³-hybridized carbons (Fsp3) is 0.571. The Morgan fingerprint density at radius 3 is 3.21 bits per heavy atom. The largest absolute Gasteiger partial charge is 0.396 e. The number of likely N-dealkylation sites (tertiary alicyclic amines) is 1. The average molecular weight is 263 g/mol. The molecule has 1 unspecified atom stereocenters. The van der Waals surface area contributed by atoms with Gasteiger partial charge in [-0.2, -0.15) is 0 Å². The topological polar surface area (TPSA) is 65.5 Å². The minimum atomic E-state index is 0.0688. The van der Waals surface area contributed by atoms with E-state index < -0.39 is 0 Å². The quantitative estimate of drug-likeness (QED) is 0.845. The van der Waals surface area contributed by atoms with Crippen LogP contribution in [0.1, 0.15) is 36.0 Å². The number of rotatable bonds is 5. The summed E-state index contributed by atoms with van der Waals surface area (Å²) in [6.07, 6.45) is 5.37. The molecule has 5 heteroatoms. The number of nitrogens with zero attached hydrogens (tertiary/aromatic N) is 2.